The Morgan fingerprint density at radius 2 is 1.46 bits per heavy atom. The van der Waals surface area contributed by atoms with Crippen LogP contribution in [-0.2, 0) is 4.79 Å². The summed E-state index contributed by atoms with van der Waals surface area (Å²) >= 11 is 6.10. The first kappa shape index (κ1) is 17.6. The normalized spacial score (nSPS) is 10.5. The molecule has 1 N–H and O–H groups in total. The molecule has 0 aliphatic rings. The Morgan fingerprint density at radius 1 is 0.923 bits per heavy atom. The van der Waals surface area contributed by atoms with Crippen LogP contribution in [0.4, 0.5) is 11.4 Å². The van der Waals surface area contributed by atoms with Crippen LogP contribution in [0.25, 0.3) is 0 Å². The molecule has 3 rings (SSSR count). The number of halogens is 1. The zero-order chi connectivity index (χ0) is 18.5. The maximum atomic E-state index is 13.0. The second-order valence-corrected chi connectivity index (χ2v) is 6.07. The summed E-state index contributed by atoms with van der Waals surface area (Å²) < 4.78 is 0. The lowest BCUT2D eigenvalue weighted by molar-refractivity contribution is -0.384. The molecule has 0 aliphatic heterocycles. The summed E-state index contributed by atoms with van der Waals surface area (Å²) in [6, 6.07) is 22.6. The van der Waals surface area contributed by atoms with Gasteiger partial charge in [0.2, 0.25) is 5.91 Å². The quantitative estimate of drug-likeness (QED) is 0.509. The smallest absolute Gasteiger partial charge is 0.271 e. The van der Waals surface area contributed by atoms with Gasteiger partial charge in [-0.2, -0.15) is 0 Å². The standard InChI is InChI=1S/C20H15ClN2O3/c21-17-12-11-16(23(25)26)13-18(17)22-20(24)19(14-7-3-1-4-8-14)15-9-5-2-6-10-15/h1-13,19H,(H,22,24). The number of carbonyl (C=O) groups excluding carboxylic acids is 1. The molecule has 0 aromatic heterocycles. The number of hydrogen-bond donors (Lipinski definition) is 1. The van der Waals surface area contributed by atoms with Crippen molar-refractivity contribution in [2.45, 2.75) is 5.92 Å². The lowest BCUT2D eigenvalue weighted by Gasteiger charge is -2.18. The average molecular weight is 367 g/mol. The molecule has 0 bridgehead atoms. The zero-order valence-electron chi connectivity index (χ0n) is 13.6. The molecule has 3 aromatic carbocycles. The van der Waals surface area contributed by atoms with Crippen molar-refractivity contribution in [3.63, 3.8) is 0 Å². The van der Waals surface area contributed by atoms with Crippen molar-refractivity contribution in [1.82, 2.24) is 0 Å². The summed E-state index contributed by atoms with van der Waals surface area (Å²) in [6.07, 6.45) is 0. The average Bonchev–Trinajstić information content (AvgIpc) is 2.65. The van der Waals surface area contributed by atoms with E-state index in [2.05, 4.69) is 5.32 Å². The van der Waals surface area contributed by atoms with Gasteiger partial charge in [0.15, 0.2) is 0 Å². The van der Waals surface area contributed by atoms with Gasteiger partial charge in [-0.25, -0.2) is 0 Å². The Kier molecular flexibility index (Phi) is 5.29. The van der Waals surface area contributed by atoms with Gasteiger partial charge in [0.25, 0.3) is 5.69 Å². The number of rotatable bonds is 5. The molecule has 3 aromatic rings. The molecule has 26 heavy (non-hydrogen) atoms. The van der Waals surface area contributed by atoms with E-state index >= 15 is 0 Å². The minimum Gasteiger partial charge on any atom is -0.324 e. The predicted octanol–water partition coefficient (Wildman–Crippen LogP) is 5.02. The van der Waals surface area contributed by atoms with Gasteiger partial charge in [0, 0.05) is 12.1 Å². The molecule has 1 amide bonds. The molecule has 130 valence electrons. The van der Waals surface area contributed by atoms with E-state index in [-0.39, 0.29) is 22.3 Å². The minimum atomic E-state index is -0.562. The van der Waals surface area contributed by atoms with Crippen molar-refractivity contribution >= 4 is 28.9 Å². The van der Waals surface area contributed by atoms with Crippen molar-refractivity contribution < 1.29 is 9.72 Å². The van der Waals surface area contributed by atoms with Crippen LogP contribution in [0.5, 0.6) is 0 Å². The fourth-order valence-corrected chi connectivity index (χ4v) is 2.88. The van der Waals surface area contributed by atoms with Gasteiger partial charge in [-0.05, 0) is 17.2 Å². The maximum absolute atomic E-state index is 13.0. The molecule has 0 saturated heterocycles. The summed E-state index contributed by atoms with van der Waals surface area (Å²) in [6.45, 7) is 0. The van der Waals surface area contributed by atoms with Gasteiger partial charge < -0.3 is 5.32 Å². The first-order valence-electron chi connectivity index (χ1n) is 7.91. The molecule has 0 spiro atoms. The van der Waals surface area contributed by atoms with Crippen molar-refractivity contribution in [2.75, 3.05) is 5.32 Å². The summed E-state index contributed by atoms with van der Waals surface area (Å²) in [5.74, 6) is -0.877. The number of nitro groups is 1. The van der Waals surface area contributed by atoms with Crippen LogP contribution in [0.2, 0.25) is 5.02 Å². The number of nitro benzene ring substituents is 1. The highest BCUT2D eigenvalue weighted by molar-refractivity contribution is 6.33. The molecule has 5 nitrogen and oxygen atoms in total. The van der Waals surface area contributed by atoms with E-state index in [4.69, 9.17) is 11.6 Å². The first-order chi connectivity index (χ1) is 12.6. The SMILES string of the molecule is O=C(Nc1cc([N+](=O)[O-])ccc1Cl)C(c1ccccc1)c1ccccc1. The van der Waals surface area contributed by atoms with Crippen molar-refractivity contribution in [2.24, 2.45) is 0 Å². The van der Waals surface area contributed by atoms with Crippen molar-refractivity contribution in [3.05, 3.63) is 105 Å². The van der Waals surface area contributed by atoms with E-state index in [0.29, 0.717) is 0 Å². The molecule has 0 aliphatic carbocycles. The van der Waals surface area contributed by atoms with Gasteiger partial charge >= 0.3 is 0 Å². The number of non-ortho nitro benzene ring substituents is 1. The van der Waals surface area contributed by atoms with Gasteiger partial charge in [0.05, 0.1) is 21.6 Å². The first-order valence-corrected chi connectivity index (χ1v) is 8.29. The zero-order valence-corrected chi connectivity index (χ0v) is 14.4. The van der Waals surface area contributed by atoms with Gasteiger partial charge in [-0.15, -0.1) is 0 Å². The number of hydrogen-bond acceptors (Lipinski definition) is 3. The lowest BCUT2D eigenvalue weighted by Crippen LogP contribution is -2.22. The Hall–Kier alpha value is -3.18. The Balaban J connectivity index is 1.97. The molecule has 0 saturated carbocycles. The van der Waals surface area contributed by atoms with E-state index in [1.807, 2.05) is 60.7 Å². The Labute approximate surface area is 155 Å². The molecule has 0 heterocycles. The fraction of sp³-hybridized carbons (Fsp3) is 0.0500. The monoisotopic (exact) mass is 366 g/mol. The number of nitrogens with one attached hydrogen (secondary N) is 1. The summed E-state index contributed by atoms with van der Waals surface area (Å²) in [5.41, 5.74) is 1.71. The summed E-state index contributed by atoms with van der Waals surface area (Å²) in [4.78, 5) is 23.5. The minimum absolute atomic E-state index is 0.138. The number of anilines is 1. The van der Waals surface area contributed by atoms with Crippen molar-refractivity contribution in [3.8, 4) is 0 Å². The van der Waals surface area contributed by atoms with Crippen LogP contribution in [0.3, 0.4) is 0 Å². The van der Waals surface area contributed by atoms with Crippen molar-refractivity contribution in [1.29, 1.82) is 0 Å². The summed E-state index contributed by atoms with van der Waals surface area (Å²) in [5, 5.41) is 13.9. The van der Waals surface area contributed by atoms with Crippen LogP contribution in [0, 0.1) is 10.1 Å². The molecular weight excluding hydrogens is 352 g/mol. The van der Waals surface area contributed by atoms with Gasteiger partial charge in [0.1, 0.15) is 0 Å². The molecule has 0 atom stereocenters. The molecule has 0 radical (unpaired) electrons. The van der Waals surface area contributed by atoms with E-state index < -0.39 is 10.8 Å². The van der Waals surface area contributed by atoms with Gasteiger partial charge in [-0.1, -0.05) is 72.3 Å². The highest BCUT2D eigenvalue weighted by Crippen LogP contribution is 2.30. The highest BCUT2D eigenvalue weighted by Gasteiger charge is 2.24. The highest BCUT2D eigenvalue weighted by atomic mass is 35.5. The van der Waals surface area contributed by atoms with Gasteiger partial charge in [-0.3, -0.25) is 14.9 Å². The van der Waals surface area contributed by atoms with Crippen LogP contribution >= 0.6 is 11.6 Å². The largest absolute Gasteiger partial charge is 0.324 e. The topological polar surface area (TPSA) is 72.2 Å². The van der Waals surface area contributed by atoms with E-state index in [1.54, 1.807) is 0 Å². The number of carbonyl (C=O) groups is 1. The number of benzene rings is 3. The van der Waals surface area contributed by atoms with Crippen LogP contribution in [0.1, 0.15) is 17.0 Å². The second-order valence-electron chi connectivity index (χ2n) is 5.66. The van der Waals surface area contributed by atoms with Crippen LogP contribution < -0.4 is 5.32 Å². The Bertz CT molecular complexity index is 891. The summed E-state index contributed by atoms with van der Waals surface area (Å²) in [7, 11) is 0. The molecular formula is C20H15ClN2O3. The van der Waals surface area contributed by atoms with E-state index in [0.717, 1.165) is 11.1 Å². The van der Waals surface area contributed by atoms with E-state index in [1.165, 1.54) is 18.2 Å². The third kappa shape index (κ3) is 3.90. The van der Waals surface area contributed by atoms with E-state index in [9.17, 15) is 14.9 Å². The molecule has 0 unspecified atom stereocenters. The third-order valence-corrected chi connectivity index (χ3v) is 4.28. The second kappa shape index (κ2) is 7.80. The fourth-order valence-electron chi connectivity index (χ4n) is 2.71. The maximum Gasteiger partial charge on any atom is 0.271 e. The molecule has 6 heteroatoms. The Morgan fingerprint density at radius 3 is 1.96 bits per heavy atom. The number of nitrogens with zero attached hydrogens (tertiary/aromatic N) is 1. The van der Waals surface area contributed by atoms with Crippen LogP contribution in [-0.4, -0.2) is 10.8 Å². The van der Waals surface area contributed by atoms with Crippen LogP contribution in [0.15, 0.2) is 78.9 Å². The lowest BCUT2D eigenvalue weighted by atomic mass is 9.90. The number of amides is 1. The third-order valence-electron chi connectivity index (χ3n) is 3.95. The predicted molar refractivity (Wildman–Crippen MR) is 101 cm³/mol. The molecule has 0 fully saturated rings.